The first kappa shape index (κ1) is 21.1. The molecule has 0 bridgehead atoms. The number of hydrogen-bond acceptors (Lipinski definition) is 5. The minimum Gasteiger partial charge on any atom is -0.494 e. The Hall–Kier alpha value is -2.61. The molecule has 1 aromatic carbocycles. The average molecular weight is 402 g/mol. The molecule has 1 aliphatic heterocycles. The Kier molecular flexibility index (Phi) is 7.09. The number of hydrazine groups is 1. The zero-order chi connectivity index (χ0) is 20.7. The summed E-state index contributed by atoms with van der Waals surface area (Å²) in [5.41, 5.74) is 1.65. The summed E-state index contributed by atoms with van der Waals surface area (Å²) >= 11 is 0. The maximum Gasteiger partial charge on any atom is 0.344 e. The smallest absolute Gasteiger partial charge is 0.344 e. The van der Waals surface area contributed by atoms with Gasteiger partial charge in [0, 0.05) is 19.5 Å². The molecule has 0 atom stereocenters. The fourth-order valence-electron chi connectivity index (χ4n) is 3.84. The molecular weight excluding hydrogens is 372 g/mol. The van der Waals surface area contributed by atoms with E-state index in [4.69, 9.17) is 4.74 Å². The molecule has 4 amide bonds. The molecule has 0 radical (unpaired) electrons. The quantitative estimate of drug-likeness (QED) is 0.487. The van der Waals surface area contributed by atoms with E-state index in [1.165, 1.54) is 0 Å². The molecule has 1 aliphatic carbocycles. The number of hydrogen-bond donors (Lipinski definition) is 2. The Morgan fingerprint density at radius 1 is 1.17 bits per heavy atom. The molecule has 1 aromatic rings. The highest BCUT2D eigenvalue weighted by Crippen LogP contribution is 2.32. The highest BCUT2D eigenvalue weighted by Gasteiger charge is 2.52. The molecule has 1 saturated carbocycles. The second kappa shape index (κ2) is 9.73. The van der Waals surface area contributed by atoms with Crippen molar-refractivity contribution < 1.29 is 19.1 Å². The summed E-state index contributed by atoms with van der Waals surface area (Å²) in [7, 11) is 1.93. The van der Waals surface area contributed by atoms with Gasteiger partial charge in [-0.25, -0.2) is 4.79 Å². The van der Waals surface area contributed by atoms with Crippen LogP contribution in [-0.4, -0.2) is 60.0 Å². The monoisotopic (exact) mass is 402 g/mol. The number of carbonyl (C=O) groups excluding carboxylic acids is 3. The first-order valence-electron chi connectivity index (χ1n) is 10.3. The third-order valence-corrected chi connectivity index (χ3v) is 5.52. The molecule has 2 aliphatic rings. The fourth-order valence-corrected chi connectivity index (χ4v) is 3.84. The van der Waals surface area contributed by atoms with Crippen molar-refractivity contribution in [3.05, 3.63) is 30.3 Å². The second-order valence-corrected chi connectivity index (χ2v) is 7.82. The first-order valence-corrected chi connectivity index (χ1v) is 10.3. The van der Waals surface area contributed by atoms with E-state index in [0.717, 1.165) is 43.0 Å². The Bertz CT molecular complexity index is 719. The number of urea groups is 1. The summed E-state index contributed by atoms with van der Waals surface area (Å²) in [4.78, 5) is 39.1. The van der Waals surface area contributed by atoms with E-state index < -0.39 is 11.6 Å². The maximum atomic E-state index is 12.7. The molecule has 29 heavy (non-hydrogen) atoms. The predicted octanol–water partition coefficient (Wildman–Crippen LogP) is 2.06. The summed E-state index contributed by atoms with van der Waals surface area (Å²) in [5.74, 6) is 0.175. The average Bonchev–Trinajstić information content (AvgIpc) is 2.95. The van der Waals surface area contributed by atoms with E-state index in [1.54, 1.807) is 0 Å². The highest BCUT2D eigenvalue weighted by atomic mass is 16.5. The minimum atomic E-state index is -0.821. The van der Waals surface area contributed by atoms with Crippen molar-refractivity contribution in [3.8, 4) is 5.75 Å². The molecule has 0 aromatic heterocycles. The van der Waals surface area contributed by atoms with E-state index in [-0.39, 0.29) is 18.2 Å². The van der Waals surface area contributed by atoms with E-state index in [2.05, 4.69) is 10.7 Å². The molecular formula is C21H30N4O4. The first-order chi connectivity index (χ1) is 14.0. The van der Waals surface area contributed by atoms with E-state index in [0.29, 0.717) is 26.0 Å². The van der Waals surface area contributed by atoms with E-state index in [1.807, 2.05) is 42.3 Å². The van der Waals surface area contributed by atoms with E-state index >= 15 is 0 Å². The zero-order valence-corrected chi connectivity index (χ0v) is 17.0. The van der Waals surface area contributed by atoms with Gasteiger partial charge in [-0.05, 0) is 38.4 Å². The van der Waals surface area contributed by atoms with Crippen LogP contribution in [0.1, 0.15) is 44.9 Å². The lowest BCUT2D eigenvalue weighted by atomic mass is 9.82. The number of nitrogens with zero attached hydrogens (tertiary/aromatic N) is 2. The summed E-state index contributed by atoms with van der Waals surface area (Å²) < 4.78 is 5.65. The van der Waals surface area contributed by atoms with Crippen molar-refractivity contribution in [1.29, 1.82) is 0 Å². The number of imide groups is 1. The fraction of sp³-hybridized carbons (Fsp3) is 0.571. The molecule has 8 heteroatoms. The van der Waals surface area contributed by atoms with Crippen LogP contribution in [0.25, 0.3) is 0 Å². The number of rotatable bonds is 9. The number of para-hydroxylation sites is 1. The molecule has 0 unspecified atom stereocenters. The standard InChI is InChI=1S/C21H30N4O4/c1-24(14-8-16-29-17-9-4-2-5-10-17)15-11-18(26)23-25-19(27)21(22-20(25)28)12-6-3-7-13-21/h2,4-5,9-10H,3,6-8,11-16H2,1H3,(H,22,28)(H,23,26). The van der Waals surface area contributed by atoms with Gasteiger partial charge in [0.1, 0.15) is 11.3 Å². The summed E-state index contributed by atoms with van der Waals surface area (Å²) in [6.07, 6.45) is 5.21. The van der Waals surface area contributed by atoms with Crippen LogP contribution < -0.4 is 15.5 Å². The Morgan fingerprint density at radius 3 is 2.62 bits per heavy atom. The minimum absolute atomic E-state index is 0.208. The normalized spacial score (nSPS) is 18.2. The van der Waals surface area contributed by atoms with Gasteiger partial charge in [0.15, 0.2) is 0 Å². The molecule has 3 rings (SSSR count). The lowest BCUT2D eigenvalue weighted by molar-refractivity contribution is -0.140. The van der Waals surface area contributed by atoms with Crippen molar-refractivity contribution in [2.45, 2.75) is 50.5 Å². The van der Waals surface area contributed by atoms with Crippen LogP contribution in [0, 0.1) is 0 Å². The molecule has 158 valence electrons. The summed E-state index contributed by atoms with van der Waals surface area (Å²) in [5, 5.41) is 3.65. The third kappa shape index (κ3) is 5.47. The van der Waals surface area contributed by atoms with Gasteiger partial charge in [-0.3, -0.25) is 15.0 Å². The van der Waals surface area contributed by atoms with Gasteiger partial charge in [0.05, 0.1) is 6.61 Å². The van der Waals surface area contributed by atoms with Crippen LogP contribution in [0.3, 0.4) is 0 Å². The van der Waals surface area contributed by atoms with Gasteiger partial charge in [-0.15, -0.1) is 0 Å². The summed E-state index contributed by atoms with van der Waals surface area (Å²) in [6.45, 7) is 1.92. The summed E-state index contributed by atoms with van der Waals surface area (Å²) in [6, 6.07) is 9.11. The molecule has 2 N–H and O–H groups in total. The largest absolute Gasteiger partial charge is 0.494 e. The lowest BCUT2D eigenvalue weighted by Crippen LogP contribution is -2.51. The molecule has 1 saturated heterocycles. The van der Waals surface area contributed by atoms with Crippen LogP contribution in [0.2, 0.25) is 0 Å². The lowest BCUT2D eigenvalue weighted by Gasteiger charge is -2.30. The van der Waals surface area contributed by atoms with Crippen LogP contribution in [-0.2, 0) is 9.59 Å². The topological polar surface area (TPSA) is 91.0 Å². The van der Waals surface area contributed by atoms with Gasteiger partial charge in [0.25, 0.3) is 5.91 Å². The number of nitrogens with one attached hydrogen (secondary N) is 2. The number of benzene rings is 1. The van der Waals surface area contributed by atoms with Gasteiger partial charge < -0.3 is 15.0 Å². The highest BCUT2D eigenvalue weighted by molar-refractivity contribution is 6.08. The van der Waals surface area contributed by atoms with Crippen LogP contribution in [0.15, 0.2) is 30.3 Å². The molecule has 8 nitrogen and oxygen atoms in total. The van der Waals surface area contributed by atoms with E-state index in [9.17, 15) is 14.4 Å². The van der Waals surface area contributed by atoms with Crippen molar-refractivity contribution in [2.75, 3.05) is 26.7 Å². The molecule has 1 heterocycles. The van der Waals surface area contributed by atoms with Gasteiger partial charge in [-0.1, -0.05) is 37.5 Å². The third-order valence-electron chi connectivity index (χ3n) is 5.52. The van der Waals surface area contributed by atoms with Crippen LogP contribution in [0.5, 0.6) is 5.75 Å². The zero-order valence-electron chi connectivity index (χ0n) is 17.0. The van der Waals surface area contributed by atoms with Crippen molar-refractivity contribution in [2.24, 2.45) is 0 Å². The van der Waals surface area contributed by atoms with Crippen molar-refractivity contribution in [1.82, 2.24) is 20.7 Å². The molecule has 2 fully saturated rings. The van der Waals surface area contributed by atoms with Crippen molar-refractivity contribution >= 4 is 17.8 Å². The predicted molar refractivity (Wildman–Crippen MR) is 108 cm³/mol. The van der Waals surface area contributed by atoms with Crippen LogP contribution >= 0.6 is 0 Å². The number of amides is 4. The Morgan fingerprint density at radius 2 is 1.90 bits per heavy atom. The Labute approximate surface area is 171 Å². The SMILES string of the molecule is CN(CCCOc1ccccc1)CCC(=O)NN1C(=O)NC2(CCCCC2)C1=O. The van der Waals surface area contributed by atoms with Crippen LogP contribution in [0.4, 0.5) is 4.79 Å². The maximum absolute atomic E-state index is 12.7. The van der Waals surface area contributed by atoms with Crippen molar-refractivity contribution in [3.63, 3.8) is 0 Å². The van der Waals surface area contributed by atoms with Gasteiger partial charge >= 0.3 is 6.03 Å². The number of ether oxygens (including phenoxy) is 1. The number of carbonyl (C=O) groups is 3. The molecule has 1 spiro atoms. The Balaban J connectivity index is 1.35. The van der Waals surface area contributed by atoms with Gasteiger partial charge in [0.2, 0.25) is 5.91 Å². The second-order valence-electron chi connectivity index (χ2n) is 7.82. The van der Waals surface area contributed by atoms with Gasteiger partial charge in [-0.2, -0.15) is 5.01 Å².